The van der Waals surface area contributed by atoms with Gasteiger partial charge < -0.3 is 24.6 Å². The van der Waals surface area contributed by atoms with Gasteiger partial charge in [-0.15, -0.1) is 0 Å². The van der Waals surface area contributed by atoms with Crippen molar-refractivity contribution in [2.75, 3.05) is 39.9 Å². The van der Waals surface area contributed by atoms with Gasteiger partial charge in [0.05, 0.1) is 19.8 Å². The summed E-state index contributed by atoms with van der Waals surface area (Å²) in [6.07, 6.45) is 0.974. The van der Waals surface area contributed by atoms with E-state index in [2.05, 4.69) is 24.1 Å². The summed E-state index contributed by atoms with van der Waals surface area (Å²) >= 11 is 0. The van der Waals surface area contributed by atoms with E-state index in [1.54, 1.807) is 7.11 Å². The smallest absolute Gasteiger partial charge is 0.318 e. The van der Waals surface area contributed by atoms with E-state index in [-0.39, 0.29) is 12.1 Å². The molecule has 1 heterocycles. The average Bonchev–Trinajstić information content (AvgIpc) is 3.15. The number of hydrogen-bond donors (Lipinski definition) is 1. The maximum atomic E-state index is 12.4. The van der Waals surface area contributed by atoms with E-state index in [9.17, 15) is 4.79 Å². The van der Waals surface area contributed by atoms with Gasteiger partial charge in [0.25, 0.3) is 0 Å². The Morgan fingerprint density at radius 1 is 1.10 bits per heavy atom. The molecule has 1 N–H and O–H groups in total. The van der Waals surface area contributed by atoms with Gasteiger partial charge >= 0.3 is 6.03 Å². The Morgan fingerprint density at radius 2 is 1.87 bits per heavy atom. The van der Waals surface area contributed by atoms with Crippen molar-refractivity contribution in [2.24, 2.45) is 0 Å². The van der Waals surface area contributed by atoms with Crippen LogP contribution in [0.25, 0.3) is 0 Å². The van der Waals surface area contributed by atoms with Crippen molar-refractivity contribution in [1.29, 1.82) is 0 Å². The van der Waals surface area contributed by atoms with Crippen LogP contribution in [0.1, 0.15) is 37.4 Å². The van der Waals surface area contributed by atoms with Crippen LogP contribution < -0.4 is 14.8 Å². The Hall–Kier alpha value is -2.73. The number of ether oxygens (including phenoxy) is 2. The molecule has 0 radical (unpaired) electrons. The highest BCUT2D eigenvalue weighted by Crippen LogP contribution is 2.30. The lowest BCUT2D eigenvalue weighted by Gasteiger charge is -2.19. The van der Waals surface area contributed by atoms with Gasteiger partial charge in [-0.3, -0.25) is 0 Å². The lowest BCUT2D eigenvalue weighted by atomic mass is 10.1. The molecule has 30 heavy (non-hydrogen) atoms. The van der Waals surface area contributed by atoms with E-state index in [4.69, 9.17) is 9.47 Å². The number of benzene rings is 2. The first-order chi connectivity index (χ1) is 14.6. The number of carbonyl (C=O) groups excluding carboxylic acids is 1. The lowest BCUT2D eigenvalue weighted by molar-refractivity contribution is 0.215. The molecule has 1 aliphatic heterocycles. The van der Waals surface area contributed by atoms with E-state index in [1.807, 2.05) is 53.4 Å². The van der Waals surface area contributed by atoms with Crippen molar-refractivity contribution in [1.82, 2.24) is 15.1 Å². The molecule has 162 valence electrons. The molecule has 2 aromatic carbocycles. The number of carbonyl (C=O) groups is 1. The summed E-state index contributed by atoms with van der Waals surface area (Å²) in [5.41, 5.74) is 2.14. The second-order valence-electron chi connectivity index (χ2n) is 7.51. The van der Waals surface area contributed by atoms with Gasteiger partial charge in [0.15, 0.2) is 11.5 Å². The third-order valence-electron chi connectivity index (χ3n) is 5.56. The van der Waals surface area contributed by atoms with E-state index < -0.39 is 0 Å². The lowest BCUT2D eigenvalue weighted by Crippen LogP contribution is -2.27. The van der Waals surface area contributed by atoms with Crippen LogP contribution in [0, 0.1) is 0 Å². The minimum atomic E-state index is -0.0421. The van der Waals surface area contributed by atoms with Crippen molar-refractivity contribution in [3.63, 3.8) is 0 Å². The van der Waals surface area contributed by atoms with Gasteiger partial charge in [-0.1, -0.05) is 50.2 Å². The predicted octanol–water partition coefficient (Wildman–Crippen LogP) is 4.07. The van der Waals surface area contributed by atoms with Gasteiger partial charge in [0.2, 0.25) is 0 Å². The second kappa shape index (κ2) is 10.9. The Morgan fingerprint density at radius 3 is 2.57 bits per heavy atom. The topological polar surface area (TPSA) is 54.0 Å². The predicted molar refractivity (Wildman–Crippen MR) is 119 cm³/mol. The number of methoxy groups -OCH3 is 1. The molecule has 0 aromatic heterocycles. The molecule has 0 spiro atoms. The minimum Gasteiger partial charge on any atom is -0.493 e. The molecular formula is C24H33N3O3. The first-order valence-corrected chi connectivity index (χ1v) is 10.8. The highest BCUT2D eigenvalue weighted by Gasteiger charge is 2.29. The standard InChI is InChI=1S/C24H33N3O3/c1-4-26(5-2)14-9-15-30-22-13-12-19(16-23(22)29-3)17-27-18-21(25-24(27)28)20-10-7-6-8-11-20/h6-8,10-13,16,21H,4-5,9,14-15,17-18H2,1-3H3,(H,25,28)/t21-/m1/s1. The summed E-state index contributed by atoms with van der Waals surface area (Å²) in [5.74, 6) is 1.45. The van der Waals surface area contributed by atoms with Gasteiger partial charge in [0.1, 0.15) is 0 Å². The fourth-order valence-corrected chi connectivity index (χ4v) is 3.76. The number of amides is 2. The molecule has 1 saturated heterocycles. The molecule has 2 amide bonds. The summed E-state index contributed by atoms with van der Waals surface area (Å²) in [5, 5.41) is 3.06. The highest BCUT2D eigenvalue weighted by atomic mass is 16.5. The van der Waals surface area contributed by atoms with Gasteiger partial charge in [-0.25, -0.2) is 4.79 Å². The molecule has 0 saturated carbocycles. The van der Waals surface area contributed by atoms with Crippen LogP contribution in [0.3, 0.4) is 0 Å². The van der Waals surface area contributed by atoms with E-state index >= 15 is 0 Å². The molecule has 1 atom stereocenters. The van der Waals surface area contributed by atoms with Crippen molar-refractivity contribution in [3.05, 3.63) is 59.7 Å². The monoisotopic (exact) mass is 411 g/mol. The third-order valence-corrected chi connectivity index (χ3v) is 5.56. The second-order valence-corrected chi connectivity index (χ2v) is 7.51. The van der Waals surface area contributed by atoms with Crippen LogP contribution in [-0.2, 0) is 6.54 Å². The van der Waals surface area contributed by atoms with Crippen LogP contribution in [0.5, 0.6) is 11.5 Å². The quantitative estimate of drug-likeness (QED) is 0.566. The van der Waals surface area contributed by atoms with Crippen LogP contribution in [0.4, 0.5) is 4.79 Å². The number of urea groups is 1. The van der Waals surface area contributed by atoms with Crippen molar-refractivity contribution < 1.29 is 14.3 Å². The zero-order valence-electron chi connectivity index (χ0n) is 18.3. The molecule has 1 aliphatic rings. The minimum absolute atomic E-state index is 0.0222. The van der Waals surface area contributed by atoms with E-state index in [0.29, 0.717) is 25.4 Å². The average molecular weight is 412 g/mol. The summed E-state index contributed by atoms with van der Waals surface area (Å²) in [4.78, 5) is 16.6. The molecular weight excluding hydrogens is 378 g/mol. The van der Waals surface area contributed by atoms with E-state index in [0.717, 1.165) is 42.9 Å². The zero-order chi connectivity index (χ0) is 21.3. The van der Waals surface area contributed by atoms with Gasteiger partial charge in [-0.2, -0.15) is 0 Å². The zero-order valence-corrected chi connectivity index (χ0v) is 18.3. The van der Waals surface area contributed by atoms with Crippen LogP contribution in [0.15, 0.2) is 48.5 Å². The largest absolute Gasteiger partial charge is 0.493 e. The normalized spacial score (nSPS) is 16.1. The van der Waals surface area contributed by atoms with Crippen molar-refractivity contribution in [3.8, 4) is 11.5 Å². The Balaban J connectivity index is 1.56. The molecule has 1 fully saturated rings. The fraction of sp³-hybridized carbons (Fsp3) is 0.458. The van der Waals surface area contributed by atoms with Gasteiger partial charge in [-0.05, 0) is 42.8 Å². The summed E-state index contributed by atoms with van der Waals surface area (Å²) in [7, 11) is 1.65. The molecule has 2 aromatic rings. The SMILES string of the molecule is CCN(CC)CCCOc1ccc(CN2C[C@H](c3ccccc3)NC2=O)cc1OC. The van der Waals surface area contributed by atoms with Crippen LogP contribution in [-0.4, -0.2) is 55.7 Å². The van der Waals surface area contributed by atoms with Crippen LogP contribution >= 0.6 is 0 Å². The molecule has 0 bridgehead atoms. The Bertz CT molecular complexity index is 809. The number of hydrogen-bond acceptors (Lipinski definition) is 4. The number of rotatable bonds is 11. The van der Waals surface area contributed by atoms with Gasteiger partial charge in [0, 0.05) is 19.6 Å². The third kappa shape index (κ3) is 5.66. The highest BCUT2D eigenvalue weighted by molar-refractivity contribution is 5.77. The maximum Gasteiger partial charge on any atom is 0.318 e. The number of nitrogens with one attached hydrogen (secondary N) is 1. The Labute approximate surface area is 179 Å². The first-order valence-electron chi connectivity index (χ1n) is 10.8. The molecule has 0 unspecified atom stereocenters. The van der Waals surface area contributed by atoms with Crippen molar-refractivity contribution >= 4 is 6.03 Å². The summed E-state index contributed by atoms with van der Waals surface area (Å²) in [6, 6.07) is 16.0. The summed E-state index contributed by atoms with van der Waals surface area (Å²) in [6.45, 7) is 9.33. The first kappa shape index (κ1) is 22.0. The van der Waals surface area contributed by atoms with Crippen LogP contribution in [0.2, 0.25) is 0 Å². The molecule has 0 aliphatic carbocycles. The molecule has 6 nitrogen and oxygen atoms in total. The van der Waals surface area contributed by atoms with E-state index in [1.165, 1.54) is 0 Å². The molecule has 6 heteroatoms. The maximum absolute atomic E-state index is 12.4. The molecule has 3 rings (SSSR count). The number of nitrogens with zero attached hydrogens (tertiary/aromatic N) is 2. The fourth-order valence-electron chi connectivity index (χ4n) is 3.76. The van der Waals surface area contributed by atoms with Crippen molar-refractivity contribution in [2.45, 2.75) is 32.9 Å². The summed E-state index contributed by atoms with van der Waals surface area (Å²) < 4.78 is 11.5. The Kier molecular flexibility index (Phi) is 7.97.